The van der Waals surface area contributed by atoms with Gasteiger partial charge in [0.05, 0.1) is 22.6 Å². The second kappa shape index (κ2) is 7.57. The maximum atomic E-state index is 12.9. The van der Waals surface area contributed by atoms with E-state index in [1.807, 2.05) is 0 Å². The molecule has 3 aliphatic rings. The SMILES string of the molecule is O=C(COC(=O)CN1C(=O)[C@@H]2[C@H]3C[C@@H]([C@H](Cl)[C@@H]3Cl)[C@@H]2C1=O)Nc1ccc(F)cc1. The number of fused-ring (bicyclic) bond motifs is 5. The normalized spacial score (nSPS) is 32.4. The fraction of sp³-hybridized carbons (Fsp3) is 0.474. The monoisotopic (exact) mass is 442 g/mol. The highest BCUT2D eigenvalue weighted by molar-refractivity contribution is 6.31. The number of imide groups is 1. The van der Waals surface area contributed by atoms with Gasteiger partial charge in [0, 0.05) is 5.69 Å². The number of esters is 1. The van der Waals surface area contributed by atoms with Crippen LogP contribution in [0.3, 0.4) is 0 Å². The summed E-state index contributed by atoms with van der Waals surface area (Å²) in [7, 11) is 0. The lowest BCUT2D eigenvalue weighted by atomic mass is 9.80. The van der Waals surface area contributed by atoms with E-state index in [0.717, 1.165) is 4.90 Å². The van der Waals surface area contributed by atoms with Gasteiger partial charge in [-0.1, -0.05) is 0 Å². The van der Waals surface area contributed by atoms with Crippen LogP contribution in [0, 0.1) is 29.5 Å². The smallest absolute Gasteiger partial charge is 0.326 e. The number of likely N-dealkylation sites (tertiary alicyclic amines) is 1. The van der Waals surface area contributed by atoms with Crippen molar-refractivity contribution in [3.8, 4) is 0 Å². The highest BCUT2D eigenvalue weighted by Gasteiger charge is 2.66. The maximum Gasteiger partial charge on any atom is 0.326 e. The van der Waals surface area contributed by atoms with E-state index < -0.39 is 54.5 Å². The lowest BCUT2D eigenvalue weighted by molar-refractivity contribution is -0.154. The lowest BCUT2D eigenvalue weighted by Gasteiger charge is -2.28. The van der Waals surface area contributed by atoms with Crippen LogP contribution in [0.1, 0.15) is 6.42 Å². The number of rotatable bonds is 5. The molecule has 29 heavy (non-hydrogen) atoms. The molecule has 2 saturated carbocycles. The fourth-order valence-corrected chi connectivity index (χ4v) is 5.51. The summed E-state index contributed by atoms with van der Waals surface area (Å²) in [5.74, 6) is -4.26. The molecular weight excluding hydrogens is 426 g/mol. The Balaban J connectivity index is 1.31. The molecule has 1 aliphatic heterocycles. The summed E-state index contributed by atoms with van der Waals surface area (Å²) in [5.41, 5.74) is 0.340. The molecule has 154 valence electrons. The maximum absolute atomic E-state index is 12.9. The van der Waals surface area contributed by atoms with Gasteiger partial charge in [-0.15, -0.1) is 23.2 Å². The average molecular weight is 443 g/mol. The van der Waals surface area contributed by atoms with Crippen LogP contribution in [0.15, 0.2) is 24.3 Å². The number of carbonyl (C=O) groups excluding carboxylic acids is 4. The third kappa shape index (κ3) is 3.48. The first-order valence-corrected chi connectivity index (χ1v) is 9.99. The molecule has 0 radical (unpaired) electrons. The van der Waals surface area contributed by atoms with Gasteiger partial charge < -0.3 is 10.1 Å². The first kappa shape index (κ1) is 20.1. The van der Waals surface area contributed by atoms with Crippen molar-refractivity contribution in [3.63, 3.8) is 0 Å². The highest BCUT2D eigenvalue weighted by Crippen LogP contribution is 2.59. The van der Waals surface area contributed by atoms with Crippen LogP contribution in [0.4, 0.5) is 10.1 Å². The summed E-state index contributed by atoms with van der Waals surface area (Å²) in [6, 6.07) is 5.07. The first-order chi connectivity index (χ1) is 13.8. The third-order valence-corrected chi connectivity index (χ3v) is 7.18. The number of ether oxygens (including phenoxy) is 1. The number of alkyl halides is 2. The van der Waals surface area contributed by atoms with Crippen LogP contribution < -0.4 is 5.32 Å². The van der Waals surface area contributed by atoms with E-state index in [2.05, 4.69) is 5.32 Å². The molecule has 3 amide bonds. The molecule has 1 aromatic carbocycles. The lowest BCUT2D eigenvalue weighted by Crippen LogP contribution is -2.38. The van der Waals surface area contributed by atoms with Gasteiger partial charge in [-0.3, -0.25) is 24.1 Å². The van der Waals surface area contributed by atoms with Gasteiger partial charge in [-0.05, 0) is 42.5 Å². The Labute approximate surface area is 175 Å². The van der Waals surface area contributed by atoms with Gasteiger partial charge in [0.2, 0.25) is 11.8 Å². The van der Waals surface area contributed by atoms with Gasteiger partial charge >= 0.3 is 5.97 Å². The predicted octanol–water partition coefficient (Wildman–Crippen LogP) is 1.77. The van der Waals surface area contributed by atoms with Crippen LogP contribution in [-0.4, -0.2) is 52.5 Å². The van der Waals surface area contributed by atoms with E-state index in [9.17, 15) is 23.6 Å². The van der Waals surface area contributed by atoms with E-state index in [0.29, 0.717) is 12.1 Å². The predicted molar refractivity (Wildman–Crippen MR) is 101 cm³/mol. The third-order valence-electron chi connectivity index (χ3n) is 5.86. The molecule has 1 N–H and O–H groups in total. The number of nitrogens with one attached hydrogen (secondary N) is 1. The largest absolute Gasteiger partial charge is 0.454 e. The van der Waals surface area contributed by atoms with E-state index in [4.69, 9.17) is 27.9 Å². The molecule has 2 aliphatic carbocycles. The minimum Gasteiger partial charge on any atom is -0.454 e. The Morgan fingerprint density at radius 2 is 1.62 bits per heavy atom. The van der Waals surface area contributed by atoms with Crippen molar-refractivity contribution in [3.05, 3.63) is 30.1 Å². The number of carbonyl (C=O) groups is 4. The number of nitrogens with zero attached hydrogens (tertiary/aromatic N) is 1. The number of amides is 3. The molecule has 6 atom stereocenters. The summed E-state index contributed by atoms with van der Waals surface area (Å²) in [4.78, 5) is 50.1. The van der Waals surface area contributed by atoms with E-state index >= 15 is 0 Å². The van der Waals surface area contributed by atoms with Crippen molar-refractivity contribution in [1.29, 1.82) is 0 Å². The molecule has 4 rings (SSSR count). The van der Waals surface area contributed by atoms with Crippen LogP contribution in [0.5, 0.6) is 0 Å². The molecule has 1 aromatic rings. The quantitative estimate of drug-likeness (QED) is 0.426. The molecular formula is C19H17Cl2FN2O5. The van der Waals surface area contributed by atoms with Crippen LogP contribution in [0.25, 0.3) is 0 Å². The van der Waals surface area contributed by atoms with E-state index in [-0.39, 0.29) is 22.6 Å². The zero-order valence-electron chi connectivity index (χ0n) is 15.0. The average Bonchev–Trinajstić information content (AvgIpc) is 3.29. The molecule has 7 nitrogen and oxygen atoms in total. The number of anilines is 1. The number of halogens is 3. The topological polar surface area (TPSA) is 92.8 Å². The number of hydrogen-bond donors (Lipinski definition) is 1. The standard InChI is InChI=1S/C19H17Cl2FN2O5/c20-16-10-5-11(17(16)21)15-14(10)18(27)24(19(15)28)6-13(26)29-7-12(25)23-9-3-1-8(22)2-4-9/h1-4,10-11,14-17H,5-7H2,(H,23,25)/t10-,11-,14-,15+,16-,17+/m1/s1. The Morgan fingerprint density at radius 1 is 1.07 bits per heavy atom. The van der Waals surface area contributed by atoms with Gasteiger partial charge in [0.15, 0.2) is 6.61 Å². The van der Waals surface area contributed by atoms with Crippen LogP contribution >= 0.6 is 23.2 Å². The van der Waals surface area contributed by atoms with E-state index in [1.54, 1.807) is 0 Å². The fourth-order valence-electron chi connectivity index (χ4n) is 4.62. The van der Waals surface area contributed by atoms with Gasteiger partial charge in [0.1, 0.15) is 12.4 Å². The summed E-state index contributed by atoms with van der Waals surface area (Å²) in [6.07, 6.45) is 0.636. The molecule has 2 bridgehead atoms. The molecule has 10 heteroatoms. The minimum atomic E-state index is -0.877. The molecule has 0 unspecified atom stereocenters. The summed E-state index contributed by atoms with van der Waals surface area (Å²) >= 11 is 12.6. The number of hydrogen-bond acceptors (Lipinski definition) is 5. The van der Waals surface area contributed by atoms with E-state index in [1.165, 1.54) is 24.3 Å². The Bertz CT molecular complexity index is 848. The van der Waals surface area contributed by atoms with Crippen molar-refractivity contribution >= 4 is 52.6 Å². The Kier molecular flexibility index (Phi) is 5.25. The van der Waals surface area contributed by atoms with Crippen molar-refractivity contribution in [2.45, 2.75) is 17.2 Å². The van der Waals surface area contributed by atoms with Crippen molar-refractivity contribution < 1.29 is 28.3 Å². The van der Waals surface area contributed by atoms with Gasteiger partial charge in [-0.25, -0.2) is 4.39 Å². The zero-order valence-corrected chi connectivity index (χ0v) is 16.5. The zero-order chi connectivity index (χ0) is 20.9. The van der Waals surface area contributed by atoms with Crippen molar-refractivity contribution in [2.75, 3.05) is 18.5 Å². The molecule has 1 saturated heterocycles. The second-order valence-corrected chi connectivity index (χ2v) is 8.49. The summed E-state index contributed by atoms with van der Waals surface area (Å²) in [6.45, 7) is -1.16. The van der Waals surface area contributed by atoms with Gasteiger partial charge in [-0.2, -0.15) is 0 Å². The van der Waals surface area contributed by atoms with Gasteiger partial charge in [0.25, 0.3) is 5.91 Å². The molecule has 1 heterocycles. The van der Waals surface area contributed by atoms with Crippen molar-refractivity contribution in [2.24, 2.45) is 23.7 Å². The Morgan fingerprint density at radius 3 is 2.17 bits per heavy atom. The van der Waals surface area contributed by atoms with Crippen molar-refractivity contribution in [1.82, 2.24) is 4.90 Å². The summed E-state index contributed by atoms with van der Waals surface area (Å²) in [5, 5.41) is 1.69. The summed E-state index contributed by atoms with van der Waals surface area (Å²) < 4.78 is 17.7. The second-order valence-electron chi connectivity index (χ2n) is 7.48. The van der Waals surface area contributed by atoms with Crippen LogP contribution in [0.2, 0.25) is 0 Å². The first-order valence-electron chi connectivity index (χ1n) is 9.12. The highest BCUT2D eigenvalue weighted by atomic mass is 35.5. The Hall–Kier alpha value is -2.19. The van der Waals surface area contributed by atoms with Crippen LogP contribution in [-0.2, 0) is 23.9 Å². The molecule has 0 aromatic heterocycles. The molecule has 0 spiro atoms. The minimum absolute atomic E-state index is 0.173. The molecule has 3 fully saturated rings. The number of benzene rings is 1.